The molecule has 1 aromatic rings. The number of carboxylic acid groups (broad SMARTS) is 1. The number of carbonyl (C=O) groups is 1. The fourth-order valence-electron chi connectivity index (χ4n) is 2.78. The highest BCUT2D eigenvalue weighted by atomic mass is 32.2. The van der Waals surface area contributed by atoms with Gasteiger partial charge in [0.25, 0.3) is 0 Å². The number of nitrogens with zero attached hydrogens (tertiary/aromatic N) is 1. The Morgan fingerprint density at radius 1 is 1.38 bits per heavy atom. The molecule has 1 aromatic heterocycles. The minimum atomic E-state index is -3.90. The van der Waals surface area contributed by atoms with Crippen LogP contribution in [0.3, 0.4) is 0 Å². The van der Waals surface area contributed by atoms with Gasteiger partial charge in [0.15, 0.2) is 0 Å². The van der Waals surface area contributed by atoms with Crippen molar-refractivity contribution in [2.24, 2.45) is 5.92 Å². The Kier molecular flexibility index (Phi) is 4.40. The lowest BCUT2D eigenvalue weighted by Crippen LogP contribution is -2.30. The van der Waals surface area contributed by atoms with Gasteiger partial charge >= 0.3 is 5.97 Å². The van der Waals surface area contributed by atoms with Crippen molar-refractivity contribution < 1.29 is 27.8 Å². The normalized spacial score (nSPS) is 20.0. The van der Waals surface area contributed by atoms with Crippen LogP contribution in [0.1, 0.15) is 34.7 Å². The molecule has 1 aliphatic rings. The molecule has 0 radical (unpaired) electrons. The van der Waals surface area contributed by atoms with Gasteiger partial charge < -0.3 is 14.6 Å². The first-order valence-electron chi connectivity index (χ1n) is 6.73. The van der Waals surface area contributed by atoms with E-state index in [1.165, 1.54) is 18.2 Å². The molecule has 0 aliphatic carbocycles. The van der Waals surface area contributed by atoms with Gasteiger partial charge in [0.05, 0.1) is 0 Å². The van der Waals surface area contributed by atoms with Gasteiger partial charge in [-0.25, -0.2) is 13.2 Å². The van der Waals surface area contributed by atoms with Gasteiger partial charge in [0.1, 0.15) is 22.0 Å². The number of aromatic carboxylic acids is 1. The summed E-state index contributed by atoms with van der Waals surface area (Å²) in [6.45, 7) is 3.53. The number of aryl methyl sites for hydroxylation is 2. The Labute approximate surface area is 123 Å². The Balaban J connectivity index is 2.40. The first-order chi connectivity index (χ1) is 9.78. The zero-order valence-electron chi connectivity index (χ0n) is 12.0. The highest BCUT2D eigenvalue weighted by Crippen LogP contribution is 2.32. The maximum absolute atomic E-state index is 12.7. The minimum absolute atomic E-state index is 0.0166. The van der Waals surface area contributed by atoms with Crippen LogP contribution in [0.2, 0.25) is 0 Å². The van der Waals surface area contributed by atoms with Crippen LogP contribution < -0.4 is 0 Å². The molecule has 1 fully saturated rings. The van der Waals surface area contributed by atoms with Crippen molar-refractivity contribution in [1.29, 1.82) is 0 Å². The fraction of sp³-hybridized carbons (Fsp3) is 0.615. The van der Waals surface area contributed by atoms with E-state index in [0.29, 0.717) is 25.9 Å². The van der Waals surface area contributed by atoms with E-state index >= 15 is 0 Å². The first-order valence-corrected chi connectivity index (χ1v) is 8.17. The Morgan fingerprint density at radius 2 is 2.05 bits per heavy atom. The Bertz CT molecular complexity index is 648. The molecular formula is C13H19NO6S. The number of furan rings is 1. The molecule has 1 atom stereocenters. The van der Waals surface area contributed by atoms with E-state index in [4.69, 9.17) is 9.52 Å². The number of aliphatic hydroxyl groups is 1. The second-order valence-electron chi connectivity index (χ2n) is 5.25. The lowest BCUT2D eigenvalue weighted by molar-refractivity contribution is 0.0691. The second-order valence-corrected chi connectivity index (χ2v) is 7.13. The van der Waals surface area contributed by atoms with Crippen molar-refractivity contribution in [3.8, 4) is 0 Å². The van der Waals surface area contributed by atoms with Gasteiger partial charge in [-0.05, 0) is 32.6 Å². The minimum Gasteiger partial charge on any atom is -0.478 e. The summed E-state index contributed by atoms with van der Waals surface area (Å²) in [6, 6.07) is 0. The number of rotatable bonds is 5. The van der Waals surface area contributed by atoms with E-state index in [1.54, 1.807) is 0 Å². The molecule has 1 saturated heterocycles. The highest BCUT2D eigenvalue weighted by molar-refractivity contribution is 7.89. The quantitative estimate of drug-likeness (QED) is 0.838. The molecule has 21 heavy (non-hydrogen) atoms. The lowest BCUT2D eigenvalue weighted by Gasteiger charge is -2.16. The van der Waals surface area contributed by atoms with Gasteiger partial charge in [-0.2, -0.15) is 4.31 Å². The molecule has 0 spiro atoms. The molecule has 118 valence electrons. The van der Waals surface area contributed by atoms with Gasteiger partial charge in [-0.1, -0.05) is 0 Å². The predicted molar refractivity (Wildman–Crippen MR) is 73.7 cm³/mol. The van der Waals surface area contributed by atoms with Crippen LogP contribution in [0, 0.1) is 19.8 Å². The van der Waals surface area contributed by atoms with Gasteiger partial charge in [-0.3, -0.25) is 0 Å². The average molecular weight is 317 g/mol. The van der Waals surface area contributed by atoms with Crippen molar-refractivity contribution in [1.82, 2.24) is 4.31 Å². The summed E-state index contributed by atoms with van der Waals surface area (Å²) in [4.78, 5) is 11.1. The topological polar surface area (TPSA) is 108 Å². The summed E-state index contributed by atoms with van der Waals surface area (Å²) in [5.74, 6) is -1.03. The number of hydrogen-bond donors (Lipinski definition) is 2. The molecule has 0 aromatic carbocycles. The van der Waals surface area contributed by atoms with Crippen LogP contribution in [-0.4, -0.2) is 48.6 Å². The third-order valence-electron chi connectivity index (χ3n) is 3.80. The number of hydrogen-bond acceptors (Lipinski definition) is 5. The van der Waals surface area contributed by atoms with Crippen LogP contribution in [-0.2, 0) is 10.0 Å². The summed E-state index contributed by atoms with van der Waals surface area (Å²) in [6.07, 6.45) is 1.21. The highest BCUT2D eigenvalue weighted by Gasteiger charge is 2.38. The Hall–Kier alpha value is -1.38. The molecule has 1 aliphatic heterocycles. The monoisotopic (exact) mass is 317 g/mol. The van der Waals surface area contributed by atoms with Crippen molar-refractivity contribution in [2.45, 2.75) is 31.6 Å². The Morgan fingerprint density at radius 3 is 2.62 bits per heavy atom. The number of aliphatic hydroxyl groups excluding tert-OH is 1. The largest absolute Gasteiger partial charge is 0.478 e. The second kappa shape index (κ2) is 5.78. The maximum atomic E-state index is 12.7. The molecule has 8 heteroatoms. The van der Waals surface area contributed by atoms with Crippen LogP contribution in [0.25, 0.3) is 0 Å². The summed E-state index contributed by atoms with van der Waals surface area (Å²) in [5, 5.41) is 18.2. The first kappa shape index (κ1) is 16.0. The summed E-state index contributed by atoms with van der Waals surface area (Å²) < 4.78 is 31.8. The van der Waals surface area contributed by atoms with Crippen LogP contribution in [0.5, 0.6) is 0 Å². The molecule has 0 amide bonds. The SMILES string of the molecule is Cc1oc(C)c(S(=O)(=O)N2CCC(CCO)C2)c1C(=O)O. The third-order valence-corrected chi connectivity index (χ3v) is 5.82. The maximum Gasteiger partial charge on any atom is 0.340 e. The zero-order chi connectivity index (χ0) is 15.8. The number of sulfonamides is 1. The average Bonchev–Trinajstić information content (AvgIpc) is 2.94. The molecule has 0 bridgehead atoms. The predicted octanol–water partition coefficient (Wildman–Crippen LogP) is 0.988. The lowest BCUT2D eigenvalue weighted by atomic mass is 10.1. The van der Waals surface area contributed by atoms with E-state index in [2.05, 4.69) is 0 Å². The molecule has 7 nitrogen and oxygen atoms in total. The van der Waals surface area contributed by atoms with Gasteiger partial charge in [0, 0.05) is 19.7 Å². The van der Waals surface area contributed by atoms with Gasteiger partial charge in [0.2, 0.25) is 10.0 Å². The molecule has 2 N–H and O–H groups in total. The third kappa shape index (κ3) is 2.83. The summed E-state index contributed by atoms with van der Waals surface area (Å²) in [5.41, 5.74) is -0.293. The van der Waals surface area contributed by atoms with Gasteiger partial charge in [-0.15, -0.1) is 0 Å². The molecule has 2 rings (SSSR count). The van der Waals surface area contributed by atoms with E-state index < -0.39 is 16.0 Å². The van der Waals surface area contributed by atoms with Crippen LogP contribution >= 0.6 is 0 Å². The van der Waals surface area contributed by atoms with Crippen molar-refractivity contribution in [3.05, 3.63) is 17.1 Å². The van der Waals surface area contributed by atoms with E-state index in [9.17, 15) is 18.3 Å². The smallest absolute Gasteiger partial charge is 0.340 e. The van der Waals surface area contributed by atoms with E-state index in [1.807, 2.05) is 0 Å². The zero-order valence-corrected chi connectivity index (χ0v) is 12.8. The van der Waals surface area contributed by atoms with Crippen molar-refractivity contribution in [3.63, 3.8) is 0 Å². The summed E-state index contributed by atoms with van der Waals surface area (Å²) >= 11 is 0. The van der Waals surface area contributed by atoms with Crippen molar-refractivity contribution in [2.75, 3.05) is 19.7 Å². The molecule has 2 heterocycles. The number of carboxylic acids is 1. The van der Waals surface area contributed by atoms with E-state index in [-0.39, 0.29) is 34.5 Å². The molecule has 1 unspecified atom stereocenters. The standard InChI is InChI=1S/C13H19NO6S/c1-8-11(13(16)17)12(9(2)20-8)21(18,19)14-5-3-10(7-14)4-6-15/h10,15H,3-7H2,1-2H3,(H,16,17). The van der Waals surface area contributed by atoms with Crippen LogP contribution in [0.4, 0.5) is 0 Å². The van der Waals surface area contributed by atoms with Crippen LogP contribution in [0.15, 0.2) is 9.31 Å². The molecular weight excluding hydrogens is 298 g/mol. The van der Waals surface area contributed by atoms with E-state index in [0.717, 1.165) is 0 Å². The summed E-state index contributed by atoms with van der Waals surface area (Å²) in [7, 11) is -3.90. The fourth-order valence-corrected chi connectivity index (χ4v) is 4.69. The molecule has 0 saturated carbocycles. The van der Waals surface area contributed by atoms with Crippen molar-refractivity contribution >= 4 is 16.0 Å².